The molecule has 3 rings (SSSR count). The minimum absolute atomic E-state index is 0.0302. The Hall–Kier alpha value is -2.14. The molecule has 160 valence electrons. The molecule has 2 aliphatic rings. The third-order valence-electron chi connectivity index (χ3n) is 5.10. The zero-order valence-corrected chi connectivity index (χ0v) is 16.3. The Labute approximate surface area is 166 Å². The SMILES string of the molecule is O=C(c1ccc(S(=O)(=O)C(F)(F)F)cc1)N1CCCC(C(=O)N2CCOCC2)C1. The van der Waals surface area contributed by atoms with Crippen molar-refractivity contribution in [3.05, 3.63) is 29.8 Å². The van der Waals surface area contributed by atoms with Crippen LogP contribution in [0.4, 0.5) is 13.2 Å². The fourth-order valence-electron chi connectivity index (χ4n) is 3.50. The quantitative estimate of drug-likeness (QED) is 0.723. The van der Waals surface area contributed by atoms with E-state index in [9.17, 15) is 31.2 Å². The molecule has 7 nitrogen and oxygen atoms in total. The van der Waals surface area contributed by atoms with Gasteiger partial charge in [0.05, 0.1) is 24.0 Å². The van der Waals surface area contributed by atoms with E-state index >= 15 is 0 Å². The molecule has 2 heterocycles. The Kier molecular flexibility index (Phi) is 6.18. The number of benzene rings is 1. The van der Waals surface area contributed by atoms with Gasteiger partial charge in [0, 0.05) is 31.7 Å². The molecular formula is C18H21F3N2O5S. The lowest BCUT2D eigenvalue weighted by Crippen LogP contribution is -2.49. The molecule has 0 radical (unpaired) electrons. The number of piperidine rings is 1. The molecule has 2 fully saturated rings. The first-order valence-electron chi connectivity index (χ1n) is 9.18. The maximum absolute atomic E-state index is 12.7. The lowest BCUT2D eigenvalue weighted by molar-refractivity contribution is -0.141. The van der Waals surface area contributed by atoms with Crippen molar-refractivity contribution >= 4 is 21.7 Å². The average molecular weight is 434 g/mol. The summed E-state index contributed by atoms with van der Waals surface area (Å²) in [5, 5.41) is 0. The molecule has 0 saturated carbocycles. The Morgan fingerprint density at radius 1 is 1.00 bits per heavy atom. The number of rotatable bonds is 3. The van der Waals surface area contributed by atoms with Crippen LogP contribution >= 0.6 is 0 Å². The van der Waals surface area contributed by atoms with E-state index in [1.165, 1.54) is 4.90 Å². The van der Waals surface area contributed by atoms with E-state index in [0.717, 1.165) is 24.3 Å². The van der Waals surface area contributed by atoms with Crippen molar-refractivity contribution in [2.75, 3.05) is 39.4 Å². The molecule has 29 heavy (non-hydrogen) atoms. The summed E-state index contributed by atoms with van der Waals surface area (Å²) < 4.78 is 66.0. The second kappa shape index (κ2) is 8.31. The van der Waals surface area contributed by atoms with Crippen LogP contribution in [0.25, 0.3) is 0 Å². The third-order valence-corrected chi connectivity index (χ3v) is 6.60. The number of carbonyl (C=O) groups excluding carboxylic acids is 2. The van der Waals surface area contributed by atoms with Crippen LogP contribution in [0.15, 0.2) is 29.2 Å². The summed E-state index contributed by atoms with van der Waals surface area (Å²) >= 11 is 0. The van der Waals surface area contributed by atoms with Gasteiger partial charge >= 0.3 is 5.51 Å². The highest BCUT2D eigenvalue weighted by Crippen LogP contribution is 2.30. The number of hydrogen-bond acceptors (Lipinski definition) is 5. The molecule has 1 atom stereocenters. The number of carbonyl (C=O) groups is 2. The number of amides is 2. The van der Waals surface area contributed by atoms with Crippen LogP contribution in [0, 0.1) is 5.92 Å². The zero-order valence-electron chi connectivity index (χ0n) is 15.5. The van der Waals surface area contributed by atoms with Crippen molar-refractivity contribution in [2.45, 2.75) is 23.2 Å². The molecule has 2 amide bonds. The van der Waals surface area contributed by atoms with E-state index in [4.69, 9.17) is 4.74 Å². The van der Waals surface area contributed by atoms with Gasteiger partial charge in [-0.2, -0.15) is 13.2 Å². The van der Waals surface area contributed by atoms with Gasteiger partial charge < -0.3 is 14.5 Å². The number of ether oxygens (including phenoxy) is 1. The predicted octanol–water partition coefficient (Wildman–Crippen LogP) is 1.69. The molecule has 0 bridgehead atoms. The summed E-state index contributed by atoms with van der Waals surface area (Å²) in [7, 11) is -5.46. The molecule has 0 spiro atoms. The van der Waals surface area contributed by atoms with Crippen LogP contribution in [0.2, 0.25) is 0 Å². The van der Waals surface area contributed by atoms with Crippen LogP contribution < -0.4 is 0 Å². The minimum Gasteiger partial charge on any atom is -0.378 e. The average Bonchev–Trinajstić information content (AvgIpc) is 2.72. The van der Waals surface area contributed by atoms with Crippen LogP contribution in [0.1, 0.15) is 23.2 Å². The van der Waals surface area contributed by atoms with Crippen molar-refractivity contribution in [3.8, 4) is 0 Å². The van der Waals surface area contributed by atoms with Gasteiger partial charge in [0.2, 0.25) is 5.91 Å². The molecule has 0 N–H and O–H groups in total. The van der Waals surface area contributed by atoms with Crippen molar-refractivity contribution in [3.63, 3.8) is 0 Å². The molecule has 2 aliphatic heterocycles. The van der Waals surface area contributed by atoms with Crippen LogP contribution in [0.5, 0.6) is 0 Å². The fraction of sp³-hybridized carbons (Fsp3) is 0.556. The second-order valence-corrected chi connectivity index (χ2v) is 8.94. The minimum atomic E-state index is -5.46. The highest BCUT2D eigenvalue weighted by Gasteiger charge is 2.46. The van der Waals surface area contributed by atoms with Crippen LogP contribution in [-0.2, 0) is 19.4 Å². The van der Waals surface area contributed by atoms with Gasteiger partial charge in [-0.05, 0) is 37.1 Å². The Balaban J connectivity index is 1.69. The normalized spacial score (nSPS) is 21.1. The molecule has 2 saturated heterocycles. The Morgan fingerprint density at radius 2 is 1.62 bits per heavy atom. The summed E-state index contributed by atoms with van der Waals surface area (Å²) in [6, 6.07) is 3.68. The monoisotopic (exact) mass is 434 g/mol. The highest BCUT2D eigenvalue weighted by atomic mass is 32.2. The van der Waals surface area contributed by atoms with E-state index in [1.54, 1.807) is 4.90 Å². The van der Waals surface area contributed by atoms with Crippen molar-refractivity contribution in [1.82, 2.24) is 9.80 Å². The molecular weight excluding hydrogens is 413 g/mol. The number of nitrogens with zero attached hydrogens (tertiary/aromatic N) is 2. The van der Waals surface area contributed by atoms with Crippen molar-refractivity contribution in [1.29, 1.82) is 0 Å². The summed E-state index contributed by atoms with van der Waals surface area (Å²) in [6.45, 7) is 2.63. The van der Waals surface area contributed by atoms with E-state index < -0.39 is 26.1 Å². The number of halogens is 3. The van der Waals surface area contributed by atoms with E-state index in [2.05, 4.69) is 0 Å². The van der Waals surface area contributed by atoms with Gasteiger partial charge in [0.25, 0.3) is 15.7 Å². The molecule has 0 aliphatic carbocycles. The lowest BCUT2D eigenvalue weighted by Gasteiger charge is -2.36. The lowest BCUT2D eigenvalue weighted by atomic mass is 9.95. The maximum Gasteiger partial charge on any atom is 0.501 e. The maximum atomic E-state index is 12.7. The third kappa shape index (κ3) is 4.55. The summed E-state index contributed by atoms with van der Waals surface area (Å²) in [4.78, 5) is 27.7. The number of sulfone groups is 1. The van der Waals surface area contributed by atoms with Crippen molar-refractivity contribution < 1.29 is 35.9 Å². The smallest absolute Gasteiger partial charge is 0.378 e. The Bertz CT molecular complexity index is 864. The summed E-state index contributed by atoms with van der Waals surface area (Å²) in [5.74, 6) is -0.812. The number of likely N-dealkylation sites (tertiary alicyclic amines) is 1. The first-order valence-corrected chi connectivity index (χ1v) is 10.7. The first kappa shape index (κ1) is 21.6. The first-order chi connectivity index (χ1) is 13.6. The van der Waals surface area contributed by atoms with Crippen molar-refractivity contribution in [2.24, 2.45) is 5.92 Å². The summed E-state index contributed by atoms with van der Waals surface area (Å²) in [6.07, 6.45) is 1.29. The van der Waals surface area contributed by atoms with E-state index in [0.29, 0.717) is 45.7 Å². The molecule has 1 aromatic rings. The van der Waals surface area contributed by atoms with Gasteiger partial charge in [0.1, 0.15) is 0 Å². The molecule has 11 heteroatoms. The Morgan fingerprint density at radius 3 is 2.21 bits per heavy atom. The standard InChI is InChI=1S/C18H21F3N2O5S/c19-18(20,21)29(26,27)15-5-3-13(4-6-15)16(24)23-7-1-2-14(12-23)17(25)22-8-10-28-11-9-22/h3-6,14H,1-2,7-12H2. The highest BCUT2D eigenvalue weighted by molar-refractivity contribution is 7.92. The number of hydrogen-bond donors (Lipinski definition) is 0. The van der Waals surface area contributed by atoms with Gasteiger partial charge in [0.15, 0.2) is 0 Å². The van der Waals surface area contributed by atoms with Gasteiger partial charge in [-0.15, -0.1) is 0 Å². The second-order valence-electron chi connectivity index (χ2n) is 7.00. The van der Waals surface area contributed by atoms with Crippen LogP contribution in [-0.4, -0.2) is 74.9 Å². The van der Waals surface area contributed by atoms with E-state index in [1.807, 2.05) is 0 Å². The predicted molar refractivity (Wildman–Crippen MR) is 95.7 cm³/mol. The number of alkyl halides is 3. The topological polar surface area (TPSA) is 84.0 Å². The van der Waals surface area contributed by atoms with Gasteiger partial charge in [-0.3, -0.25) is 9.59 Å². The molecule has 0 aromatic heterocycles. The summed E-state index contributed by atoms with van der Waals surface area (Å²) in [5.41, 5.74) is -5.33. The van der Waals surface area contributed by atoms with Crippen LogP contribution in [0.3, 0.4) is 0 Å². The largest absolute Gasteiger partial charge is 0.501 e. The van der Waals surface area contributed by atoms with Gasteiger partial charge in [-0.25, -0.2) is 8.42 Å². The number of morpholine rings is 1. The van der Waals surface area contributed by atoms with Gasteiger partial charge in [-0.1, -0.05) is 0 Å². The fourth-order valence-corrected chi connectivity index (χ4v) is 4.26. The zero-order chi connectivity index (χ0) is 21.2. The van der Waals surface area contributed by atoms with E-state index in [-0.39, 0.29) is 23.9 Å². The molecule has 1 unspecified atom stereocenters. The molecule has 1 aromatic carbocycles.